The van der Waals surface area contributed by atoms with Gasteiger partial charge >= 0.3 is 0 Å². The molecule has 0 aliphatic carbocycles. The van der Waals surface area contributed by atoms with Gasteiger partial charge in [0.2, 0.25) is 11.8 Å². The van der Waals surface area contributed by atoms with Gasteiger partial charge in [-0.2, -0.15) is 0 Å². The molecule has 0 spiro atoms. The minimum absolute atomic E-state index is 0.0175. The van der Waals surface area contributed by atoms with Crippen LogP contribution in [0.4, 0.5) is 0 Å². The Hall–Kier alpha value is -1.10. The molecule has 1 fully saturated rings. The molecule has 1 aliphatic rings. The molecule has 0 aromatic heterocycles. The van der Waals surface area contributed by atoms with Crippen molar-refractivity contribution in [2.75, 3.05) is 33.2 Å². The molecule has 0 aromatic rings. The summed E-state index contributed by atoms with van der Waals surface area (Å²) in [5, 5.41) is 3.15. The fourth-order valence-corrected chi connectivity index (χ4v) is 2.12. The quantitative estimate of drug-likeness (QED) is 0.741. The molecule has 0 bridgehead atoms. The molecule has 1 saturated heterocycles. The van der Waals surface area contributed by atoms with Crippen LogP contribution in [0.25, 0.3) is 0 Å². The lowest BCUT2D eigenvalue weighted by Gasteiger charge is -2.25. The summed E-state index contributed by atoms with van der Waals surface area (Å²) in [6.45, 7) is 6.36. The maximum atomic E-state index is 12.0. The minimum Gasteiger partial charge on any atom is -0.342 e. The molecule has 2 amide bonds. The summed E-state index contributed by atoms with van der Waals surface area (Å²) < 4.78 is 0. The third kappa shape index (κ3) is 3.70. The Kier molecular flexibility index (Phi) is 5.41. The van der Waals surface area contributed by atoms with Gasteiger partial charge in [-0.3, -0.25) is 9.59 Å². The molecule has 0 unspecified atom stereocenters. The first-order valence-corrected chi connectivity index (χ1v) is 6.36. The average Bonchev–Trinajstić information content (AvgIpc) is 2.83. The van der Waals surface area contributed by atoms with Crippen LogP contribution in [0.2, 0.25) is 0 Å². The van der Waals surface area contributed by atoms with Gasteiger partial charge in [0.25, 0.3) is 0 Å². The number of hydrogen-bond acceptors (Lipinski definition) is 3. The monoisotopic (exact) mass is 241 g/mol. The standard InChI is InChI=1S/C12H23N3O2/c1-4-15(5-2)11(16)9-14(3)12(17)10-7-6-8-13-10/h10,13H,4-9H2,1-3H3/t10-/m1/s1. The predicted octanol–water partition coefficient (Wildman–Crippen LogP) is 0.0652. The molecule has 5 nitrogen and oxygen atoms in total. The Morgan fingerprint density at radius 3 is 2.41 bits per heavy atom. The molecule has 1 atom stereocenters. The summed E-state index contributed by atoms with van der Waals surface area (Å²) in [7, 11) is 1.70. The van der Waals surface area contributed by atoms with Crippen LogP contribution >= 0.6 is 0 Å². The number of likely N-dealkylation sites (N-methyl/N-ethyl adjacent to an activating group) is 2. The van der Waals surface area contributed by atoms with Gasteiger partial charge in [0, 0.05) is 20.1 Å². The maximum absolute atomic E-state index is 12.0. The summed E-state index contributed by atoms with van der Waals surface area (Å²) >= 11 is 0. The zero-order valence-electron chi connectivity index (χ0n) is 11.0. The highest BCUT2D eigenvalue weighted by Gasteiger charge is 2.26. The summed E-state index contributed by atoms with van der Waals surface area (Å²) in [6, 6.07) is -0.0931. The Bertz CT molecular complexity index is 271. The van der Waals surface area contributed by atoms with E-state index in [2.05, 4.69) is 5.32 Å². The normalized spacial score (nSPS) is 19.1. The summed E-state index contributed by atoms with van der Waals surface area (Å²) in [5.41, 5.74) is 0. The lowest BCUT2D eigenvalue weighted by Crippen LogP contribution is -2.46. The van der Waals surface area contributed by atoms with E-state index in [1.54, 1.807) is 11.9 Å². The van der Waals surface area contributed by atoms with Gasteiger partial charge in [0.15, 0.2) is 0 Å². The van der Waals surface area contributed by atoms with Crippen LogP contribution in [0.5, 0.6) is 0 Å². The highest BCUT2D eigenvalue weighted by atomic mass is 16.2. The van der Waals surface area contributed by atoms with Crippen molar-refractivity contribution in [2.24, 2.45) is 0 Å². The molecular formula is C12H23N3O2. The first-order chi connectivity index (χ1) is 8.10. The fourth-order valence-electron chi connectivity index (χ4n) is 2.12. The number of hydrogen-bond donors (Lipinski definition) is 1. The van der Waals surface area contributed by atoms with Crippen molar-refractivity contribution in [3.8, 4) is 0 Å². The van der Waals surface area contributed by atoms with Crippen LogP contribution in [0, 0.1) is 0 Å². The van der Waals surface area contributed by atoms with Crippen LogP contribution in [0.15, 0.2) is 0 Å². The lowest BCUT2D eigenvalue weighted by molar-refractivity contribution is -0.140. The van der Waals surface area contributed by atoms with E-state index in [9.17, 15) is 9.59 Å². The van der Waals surface area contributed by atoms with E-state index in [-0.39, 0.29) is 24.4 Å². The maximum Gasteiger partial charge on any atom is 0.242 e. The van der Waals surface area contributed by atoms with Crippen molar-refractivity contribution in [3.05, 3.63) is 0 Å². The summed E-state index contributed by atoms with van der Waals surface area (Å²) in [4.78, 5) is 27.1. The van der Waals surface area contributed by atoms with Gasteiger partial charge in [-0.1, -0.05) is 0 Å². The molecule has 17 heavy (non-hydrogen) atoms. The van der Waals surface area contributed by atoms with E-state index in [1.807, 2.05) is 13.8 Å². The topological polar surface area (TPSA) is 52.7 Å². The van der Waals surface area contributed by atoms with E-state index < -0.39 is 0 Å². The molecule has 1 heterocycles. The number of nitrogens with zero attached hydrogens (tertiary/aromatic N) is 2. The van der Waals surface area contributed by atoms with Gasteiger partial charge in [-0.15, -0.1) is 0 Å². The number of carbonyl (C=O) groups excluding carboxylic acids is 2. The number of carbonyl (C=O) groups is 2. The predicted molar refractivity (Wildman–Crippen MR) is 66.6 cm³/mol. The Balaban J connectivity index is 2.44. The molecule has 0 saturated carbocycles. The second kappa shape index (κ2) is 6.59. The first-order valence-electron chi connectivity index (χ1n) is 6.36. The SMILES string of the molecule is CCN(CC)C(=O)CN(C)C(=O)[C@H]1CCCN1. The smallest absolute Gasteiger partial charge is 0.242 e. The van der Waals surface area contributed by atoms with Crippen molar-refractivity contribution >= 4 is 11.8 Å². The van der Waals surface area contributed by atoms with Gasteiger partial charge in [-0.05, 0) is 33.2 Å². The van der Waals surface area contributed by atoms with Gasteiger partial charge < -0.3 is 15.1 Å². The zero-order chi connectivity index (χ0) is 12.8. The van der Waals surface area contributed by atoms with E-state index in [1.165, 1.54) is 4.90 Å². The Morgan fingerprint density at radius 2 is 1.94 bits per heavy atom. The molecular weight excluding hydrogens is 218 g/mol. The largest absolute Gasteiger partial charge is 0.342 e. The number of amides is 2. The van der Waals surface area contributed by atoms with Gasteiger partial charge in [0.05, 0.1) is 12.6 Å². The van der Waals surface area contributed by atoms with Crippen LogP contribution < -0.4 is 5.32 Å². The molecule has 0 radical (unpaired) electrons. The second-order valence-corrected chi connectivity index (χ2v) is 4.41. The Labute approximate surface area is 103 Å². The van der Waals surface area contributed by atoms with E-state index in [0.717, 1.165) is 19.4 Å². The van der Waals surface area contributed by atoms with Crippen molar-refractivity contribution in [1.29, 1.82) is 0 Å². The van der Waals surface area contributed by atoms with E-state index in [4.69, 9.17) is 0 Å². The van der Waals surface area contributed by atoms with Crippen molar-refractivity contribution in [2.45, 2.75) is 32.7 Å². The minimum atomic E-state index is -0.0931. The van der Waals surface area contributed by atoms with Crippen molar-refractivity contribution in [3.63, 3.8) is 0 Å². The summed E-state index contributed by atoms with van der Waals surface area (Å²) in [6.07, 6.45) is 1.91. The Morgan fingerprint density at radius 1 is 1.29 bits per heavy atom. The van der Waals surface area contributed by atoms with Gasteiger partial charge in [-0.25, -0.2) is 0 Å². The molecule has 5 heteroatoms. The zero-order valence-corrected chi connectivity index (χ0v) is 11.0. The van der Waals surface area contributed by atoms with Crippen LogP contribution in [-0.2, 0) is 9.59 Å². The lowest BCUT2D eigenvalue weighted by atomic mass is 10.2. The van der Waals surface area contributed by atoms with Crippen LogP contribution in [-0.4, -0.2) is 60.9 Å². The van der Waals surface area contributed by atoms with E-state index in [0.29, 0.717) is 13.1 Å². The molecule has 0 aromatic carbocycles. The van der Waals surface area contributed by atoms with Crippen LogP contribution in [0.1, 0.15) is 26.7 Å². The van der Waals surface area contributed by atoms with Crippen LogP contribution in [0.3, 0.4) is 0 Å². The molecule has 1 rings (SSSR count). The number of nitrogens with one attached hydrogen (secondary N) is 1. The van der Waals surface area contributed by atoms with E-state index >= 15 is 0 Å². The summed E-state index contributed by atoms with van der Waals surface area (Å²) in [5.74, 6) is 0.0480. The molecule has 1 aliphatic heterocycles. The average molecular weight is 241 g/mol. The number of rotatable bonds is 5. The highest BCUT2D eigenvalue weighted by Crippen LogP contribution is 2.07. The third-order valence-corrected chi connectivity index (χ3v) is 3.22. The first kappa shape index (κ1) is 14.0. The molecule has 1 N–H and O–H groups in total. The van der Waals surface area contributed by atoms with Gasteiger partial charge in [0.1, 0.15) is 0 Å². The second-order valence-electron chi connectivity index (χ2n) is 4.41. The van der Waals surface area contributed by atoms with Crippen molar-refractivity contribution < 1.29 is 9.59 Å². The fraction of sp³-hybridized carbons (Fsp3) is 0.833. The third-order valence-electron chi connectivity index (χ3n) is 3.22. The van der Waals surface area contributed by atoms with Crippen molar-refractivity contribution in [1.82, 2.24) is 15.1 Å². The highest BCUT2D eigenvalue weighted by molar-refractivity contribution is 5.87. The molecule has 98 valence electrons.